The number of aromatic nitrogens is 1. The van der Waals surface area contributed by atoms with Gasteiger partial charge in [0.25, 0.3) is 0 Å². The van der Waals surface area contributed by atoms with Crippen LogP contribution in [0.4, 0.5) is 24.7 Å². The maximum atomic E-state index is 13.1. The highest BCUT2D eigenvalue weighted by atomic mass is 35.5. The summed E-state index contributed by atoms with van der Waals surface area (Å²) >= 11 is 6.07. The van der Waals surface area contributed by atoms with Gasteiger partial charge in [0, 0.05) is 37.4 Å². The molecule has 0 saturated carbocycles. The number of benzene rings is 1. The quantitative estimate of drug-likeness (QED) is 0.691. The zero-order valence-electron chi connectivity index (χ0n) is 16.0. The Bertz CT molecular complexity index is 939. The summed E-state index contributed by atoms with van der Waals surface area (Å²) in [5.41, 5.74) is 2.48. The van der Waals surface area contributed by atoms with Crippen molar-refractivity contribution >= 4 is 29.0 Å². The van der Waals surface area contributed by atoms with Crippen molar-refractivity contribution in [3.8, 4) is 0 Å². The van der Waals surface area contributed by atoms with E-state index < -0.39 is 11.7 Å². The summed E-state index contributed by atoms with van der Waals surface area (Å²) in [6, 6.07) is 7.01. The van der Waals surface area contributed by atoms with E-state index in [0.717, 1.165) is 29.9 Å². The number of halogens is 4. The number of piperidine rings is 1. The molecule has 1 fully saturated rings. The predicted molar refractivity (Wildman–Crippen MR) is 106 cm³/mol. The number of hydrogen-bond acceptors (Lipinski definition) is 3. The standard InChI is InChI=1S/C21H21ClF3N3O/c1-13-3-2-4-14-7-10-28(18(13)14)20(29)15-5-8-27(9-6-15)19-17(22)11-16(12-26-19)21(23,24)25/h2-4,11-12,15H,5-10H2,1H3. The number of fused-ring (bicyclic) bond motifs is 1. The molecule has 154 valence electrons. The Kier molecular flexibility index (Phi) is 5.19. The first-order valence-corrected chi connectivity index (χ1v) is 10.0. The Morgan fingerprint density at radius 2 is 1.93 bits per heavy atom. The molecule has 4 rings (SSSR count). The monoisotopic (exact) mass is 423 g/mol. The fraction of sp³-hybridized carbons (Fsp3) is 0.429. The molecule has 0 bridgehead atoms. The second-order valence-corrected chi connectivity index (χ2v) is 8.02. The second-order valence-electron chi connectivity index (χ2n) is 7.61. The average molecular weight is 424 g/mol. The Morgan fingerprint density at radius 3 is 2.59 bits per heavy atom. The maximum Gasteiger partial charge on any atom is 0.417 e. The van der Waals surface area contributed by atoms with Crippen molar-refractivity contribution in [2.75, 3.05) is 29.4 Å². The Hall–Kier alpha value is -2.28. The molecular weight excluding hydrogens is 403 g/mol. The van der Waals surface area contributed by atoms with Crippen LogP contribution in [0.1, 0.15) is 29.5 Å². The topological polar surface area (TPSA) is 36.4 Å². The molecular formula is C21H21ClF3N3O. The third kappa shape index (κ3) is 3.80. The molecule has 1 saturated heterocycles. The van der Waals surface area contributed by atoms with Gasteiger partial charge in [0.1, 0.15) is 5.82 Å². The zero-order chi connectivity index (χ0) is 20.8. The summed E-state index contributed by atoms with van der Waals surface area (Å²) in [6.45, 7) is 3.78. The van der Waals surface area contributed by atoms with E-state index in [9.17, 15) is 18.0 Å². The van der Waals surface area contributed by atoms with Crippen molar-refractivity contribution in [1.29, 1.82) is 0 Å². The van der Waals surface area contributed by atoms with Crippen molar-refractivity contribution in [3.63, 3.8) is 0 Å². The first-order valence-electron chi connectivity index (χ1n) is 9.63. The number of pyridine rings is 1. The van der Waals surface area contributed by atoms with Gasteiger partial charge in [-0.1, -0.05) is 29.8 Å². The molecule has 2 aliphatic rings. The number of hydrogen-bond donors (Lipinski definition) is 0. The minimum absolute atomic E-state index is 0.0197. The number of anilines is 2. The lowest BCUT2D eigenvalue weighted by atomic mass is 9.95. The SMILES string of the molecule is Cc1cccc2c1N(C(=O)C1CCN(c3ncc(C(F)(F)F)cc3Cl)CC1)CC2. The van der Waals surface area contributed by atoms with Crippen LogP contribution in [-0.4, -0.2) is 30.5 Å². The van der Waals surface area contributed by atoms with Gasteiger partial charge in [-0.15, -0.1) is 0 Å². The first kappa shape index (κ1) is 20.0. The van der Waals surface area contributed by atoms with Gasteiger partial charge in [-0.3, -0.25) is 4.79 Å². The molecule has 0 radical (unpaired) electrons. The minimum Gasteiger partial charge on any atom is -0.355 e. The molecule has 8 heteroatoms. The van der Waals surface area contributed by atoms with Crippen molar-refractivity contribution in [3.05, 3.63) is 52.2 Å². The highest BCUT2D eigenvalue weighted by Gasteiger charge is 2.35. The zero-order valence-corrected chi connectivity index (χ0v) is 16.7. The molecule has 0 atom stereocenters. The van der Waals surface area contributed by atoms with E-state index in [1.165, 1.54) is 5.56 Å². The van der Waals surface area contributed by atoms with Crippen LogP contribution in [0.3, 0.4) is 0 Å². The third-order valence-corrected chi connectivity index (χ3v) is 6.03. The molecule has 0 aliphatic carbocycles. The van der Waals surface area contributed by atoms with Crippen LogP contribution in [0.2, 0.25) is 5.02 Å². The Morgan fingerprint density at radius 1 is 1.21 bits per heavy atom. The smallest absolute Gasteiger partial charge is 0.355 e. The lowest BCUT2D eigenvalue weighted by Gasteiger charge is -2.34. The third-order valence-electron chi connectivity index (χ3n) is 5.75. The van der Waals surface area contributed by atoms with Crippen LogP contribution in [0.15, 0.2) is 30.5 Å². The van der Waals surface area contributed by atoms with Crippen molar-refractivity contribution in [2.24, 2.45) is 5.92 Å². The summed E-state index contributed by atoms with van der Waals surface area (Å²) in [7, 11) is 0. The van der Waals surface area contributed by atoms with Gasteiger partial charge in [0.2, 0.25) is 5.91 Å². The highest BCUT2D eigenvalue weighted by Crippen LogP contribution is 2.36. The van der Waals surface area contributed by atoms with E-state index in [2.05, 4.69) is 11.1 Å². The van der Waals surface area contributed by atoms with E-state index in [1.54, 1.807) is 0 Å². The van der Waals surface area contributed by atoms with Gasteiger partial charge in [-0.2, -0.15) is 13.2 Å². The van der Waals surface area contributed by atoms with Gasteiger partial charge < -0.3 is 9.80 Å². The molecule has 29 heavy (non-hydrogen) atoms. The maximum absolute atomic E-state index is 13.1. The molecule has 3 heterocycles. The molecule has 0 N–H and O–H groups in total. The van der Waals surface area contributed by atoms with Crippen LogP contribution in [-0.2, 0) is 17.4 Å². The fourth-order valence-electron chi connectivity index (χ4n) is 4.25. The fourth-order valence-corrected chi connectivity index (χ4v) is 4.54. The van der Waals surface area contributed by atoms with E-state index in [4.69, 9.17) is 11.6 Å². The van der Waals surface area contributed by atoms with Crippen molar-refractivity contribution in [2.45, 2.75) is 32.4 Å². The number of rotatable bonds is 2. The van der Waals surface area contributed by atoms with Gasteiger partial charge in [0.05, 0.1) is 10.6 Å². The number of carbonyl (C=O) groups is 1. The number of para-hydroxylation sites is 1. The van der Waals surface area contributed by atoms with E-state index >= 15 is 0 Å². The number of nitrogens with zero attached hydrogens (tertiary/aromatic N) is 3. The van der Waals surface area contributed by atoms with Crippen molar-refractivity contribution in [1.82, 2.24) is 4.98 Å². The molecule has 2 aliphatic heterocycles. The Balaban J connectivity index is 1.44. The van der Waals surface area contributed by atoms with Gasteiger partial charge in [-0.05, 0) is 43.4 Å². The number of carbonyl (C=O) groups excluding carboxylic acids is 1. The van der Waals surface area contributed by atoms with E-state index in [-0.39, 0.29) is 16.8 Å². The summed E-state index contributed by atoms with van der Waals surface area (Å²) in [6.07, 6.45) is -1.56. The van der Waals surface area contributed by atoms with Gasteiger partial charge in [-0.25, -0.2) is 4.98 Å². The van der Waals surface area contributed by atoms with Crippen LogP contribution >= 0.6 is 11.6 Å². The lowest BCUT2D eigenvalue weighted by molar-refractivity contribution is -0.137. The molecule has 4 nitrogen and oxygen atoms in total. The normalized spacial score (nSPS) is 17.6. The number of alkyl halides is 3. The van der Waals surface area contributed by atoms with Crippen LogP contribution < -0.4 is 9.80 Å². The summed E-state index contributed by atoms with van der Waals surface area (Å²) in [5.74, 6) is 0.363. The Labute approximate surface area is 172 Å². The lowest BCUT2D eigenvalue weighted by Crippen LogP contribution is -2.42. The molecule has 2 aromatic rings. The van der Waals surface area contributed by atoms with Crippen molar-refractivity contribution < 1.29 is 18.0 Å². The van der Waals surface area contributed by atoms with Crippen LogP contribution in [0.5, 0.6) is 0 Å². The van der Waals surface area contributed by atoms with E-state index in [0.29, 0.717) is 38.3 Å². The minimum atomic E-state index is -4.47. The largest absolute Gasteiger partial charge is 0.417 e. The summed E-state index contributed by atoms with van der Waals surface area (Å²) in [4.78, 5) is 20.8. The first-order chi connectivity index (χ1) is 13.8. The molecule has 0 unspecified atom stereocenters. The second kappa shape index (κ2) is 7.52. The highest BCUT2D eigenvalue weighted by molar-refractivity contribution is 6.33. The summed E-state index contributed by atoms with van der Waals surface area (Å²) < 4.78 is 38.4. The molecule has 0 spiro atoms. The van der Waals surface area contributed by atoms with Gasteiger partial charge in [0.15, 0.2) is 0 Å². The van der Waals surface area contributed by atoms with Crippen LogP contribution in [0.25, 0.3) is 0 Å². The number of aryl methyl sites for hydroxylation is 1. The van der Waals surface area contributed by atoms with Crippen LogP contribution in [0, 0.1) is 12.8 Å². The molecule has 1 amide bonds. The molecule has 1 aromatic carbocycles. The predicted octanol–water partition coefficient (Wildman–Crippen LogP) is 4.87. The van der Waals surface area contributed by atoms with E-state index in [1.807, 2.05) is 28.9 Å². The average Bonchev–Trinajstić information content (AvgIpc) is 3.12. The summed E-state index contributed by atoms with van der Waals surface area (Å²) in [5, 5.41) is -0.0197. The molecule has 1 aromatic heterocycles. The van der Waals surface area contributed by atoms with Gasteiger partial charge >= 0.3 is 6.18 Å². The number of amides is 1.